The Morgan fingerprint density at radius 2 is 1.38 bits per heavy atom. The van der Waals surface area contributed by atoms with Gasteiger partial charge in [0.1, 0.15) is 6.29 Å². The molecule has 5 nitrogen and oxygen atoms in total. The molecule has 0 aliphatic rings. The number of hydrogen-bond acceptors (Lipinski definition) is 2. The maximum absolute atomic E-state index is 12.9. The first-order chi connectivity index (χ1) is 11.7. The molecule has 0 spiro atoms. The third kappa shape index (κ3) is 4.96. The number of nitrogens with zero attached hydrogens (tertiary/aromatic N) is 1. The van der Waals surface area contributed by atoms with E-state index in [-0.39, 0.29) is 11.6 Å². The molecule has 0 bridgehead atoms. The van der Waals surface area contributed by atoms with Crippen LogP contribution in [0.1, 0.15) is 11.1 Å². The Morgan fingerprint density at radius 3 is 1.77 bits per heavy atom. The van der Waals surface area contributed by atoms with Crippen LogP contribution in [0.4, 0.5) is 26.3 Å². The first-order valence-corrected chi connectivity index (χ1v) is 8.51. The third-order valence-corrected chi connectivity index (χ3v) is 3.93. The standard InChI is InChI=1S/C14H10F6NO4P/c15-13(16,17)10-3-9(4-11(6-10)14(18,19)20)8-1-2-21(12(22)5-8)7-26(23,24)25/h1-6H,7H2,(H2,23,24,25). The number of pyridine rings is 1. The van der Waals surface area contributed by atoms with Gasteiger partial charge in [-0.25, -0.2) is 0 Å². The lowest BCUT2D eigenvalue weighted by Gasteiger charge is -2.15. The van der Waals surface area contributed by atoms with E-state index in [4.69, 9.17) is 9.79 Å². The molecule has 0 saturated heterocycles. The molecule has 0 saturated carbocycles. The molecule has 0 radical (unpaired) electrons. The molecule has 2 N–H and O–H groups in total. The topological polar surface area (TPSA) is 79.5 Å². The van der Waals surface area contributed by atoms with Crippen molar-refractivity contribution in [2.24, 2.45) is 0 Å². The molecule has 0 fully saturated rings. The van der Waals surface area contributed by atoms with Gasteiger partial charge in [0.25, 0.3) is 5.56 Å². The number of rotatable bonds is 3. The summed E-state index contributed by atoms with van der Waals surface area (Å²) >= 11 is 0. The van der Waals surface area contributed by atoms with E-state index in [0.717, 1.165) is 12.3 Å². The molecule has 1 heterocycles. The molecular formula is C14H10F6NO4P. The van der Waals surface area contributed by atoms with Crippen molar-refractivity contribution in [3.05, 3.63) is 58.0 Å². The molecule has 1 aromatic heterocycles. The number of benzene rings is 1. The summed E-state index contributed by atoms with van der Waals surface area (Å²) in [6.45, 7) is 0. The molecule has 0 atom stereocenters. The summed E-state index contributed by atoms with van der Waals surface area (Å²) < 4.78 is 88.7. The Labute approximate surface area is 141 Å². The van der Waals surface area contributed by atoms with Gasteiger partial charge in [0, 0.05) is 12.3 Å². The molecule has 26 heavy (non-hydrogen) atoms. The first-order valence-electron chi connectivity index (χ1n) is 6.72. The summed E-state index contributed by atoms with van der Waals surface area (Å²) in [4.78, 5) is 29.5. The predicted molar refractivity (Wildman–Crippen MR) is 78.2 cm³/mol. The van der Waals surface area contributed by atoms with E-state index in [0.29, 0.717) is 22.8 Å². The molecule has 142 valence electrons. The van der Waals surface area contributed by atoms with Crippen LogP contribution in [0.15, 0.2) is 41.3 Å². The van der Waals surface area contributed by atoms with E-state index in [1.807, 2.05) is 0 Å². The van der Waals surface area contributed by atoms with Crippen molar-refractivity contribution in [3.8, 4) is 11.1 Å². The highest BCUT2D eigenvalue weighted by Crippen LogP contribution is 2.39. The maximum Gasteiger partial charge on any atom is 0.416 e. The van der Waals surface area contributed by atoms with Gasteiger partial charge in [-0.3, -0.25) is 9.36 Å². The highest BCUT2D eigenvalue weighted by Gasteiger charge is 2.37. The summed E-state index contributed by atoms with van der Waals surface area (Å²) in [7, 11) is -4.60. The van der Waals surface area contributed by atoms with E-state index in [2.05, 4.69) is 0 Å². The Balaban J connectivity index is 2.59. The quantitative estimate of drug-likeness (QED) is 0.608. The Morgan fingerprint density at radius 1 is 0.885 bits per heavy atom. The third-order valence-electron chi connectivity index (χ3n) is 3.25. The number of hydrogen-bond donors (Lipinski definition) is 2. The van der Waals surface area contributed by atoms with Crippen molar-refractivity contribution in [3.63, 3.8) is 0 Å². The van der Waals surface area contributed by atoms with E-state index in [1.54, 1.807) is 0 Å². The second-order valence-electron chi connectivity index (χ2n) is 5.32. The lowest BCUT2D eigenvalue weighted by Crippen LogP contribution is -2.18. The zero-order valence-electron chi connectivity index (χ0n) is 12.5. The minimum Gasteiger partial charge on any atom is -0.323 e. The van der Waals surface area contributed by atoms with Crippen LogP contribution in [-0.2, 0) is 23.2 Å². The number of halogens is 6. The van der Waals surface area contributed by atoms with Crippen LogP contribution in [0, 0.1) is 0 Å². The largest absolute Gasteiger partial charge is 0.416 e. The lowest BCUT2D eigenvalue weighted by atomic mass is 10.00. The molecule has 2 rings (SSSR count). The SMILES string of the molecule is O=c1cc(-c2cc(C(F)(F)F)cc(C(F)(F)F)c2)ccn1CP(=O)(O)O. The van der Waals surface area contributed by atoms with Crippen LogP contribution in [0.3, 0.4) is 0 Å². The van der Waals surface area contributed by atoms with Gasteiger partial charge in [-0.1, -0.05) is 0 Å². The van der Waals surface area contributed by atoms with Crippen molar-refractivity contribution in [2.45, 2.75) is 18.6 Å². The van der Waals surface area contributed by atoms with Crippen molar-refractivity contribution < 1.29 is 40.7 Å². The van der Waals surface area contributed by atoms with Crippen LogP contribution in [-0.4, -0.2) is 14.4 Å². The molecule has 0 amide bonds. The van der Waals surface area contributed by atoms with Crippen LogP contribution in [0.25, 0.3) is 11.1 Å². The van der Waals surface area contributed by atoms with E-state index >= 15 is 0 Å². The van der Waals surface area contributed by atoms with E-state index in [9.17, 15) is 35.7 Å². The van der Waals surface area contributed by atoms with Crippen LogP contribution in [0.2, 0.25) is 0 Å². The van der Waals surface area contributed by atoms with Crippen LogP contribution >= 0.6 is 7.60 Å². The fourth-order valence-electron chi connectivity index (χ4n) is 2.12. The summed E-state index contributed by atoms with van der Waals surface area (Å²) in [6.07, 6.45) is -10.2. The second-order valence-corrected chi connectivity index (χ2v) is 6.94. The predicted octanol–water partition coefficient (Wildman–Crippen LogP) is 3.69. The fraction of sp³-hybridized carbons (Fsp3) is 0.214. The summed E-state index contributed by atoms with van der Waals surface area (Å²) in [5.41, 5.74) is -4.83. The van der Waals surface area contributed by atoms with Crippen molar-refractivity contribution in [2.75, 3.05) is 0 Å². The zero-order valence-corrected chi connectivity index (χ0v) is 13.4. The fourth-order valence-corrected chi connectivity index (χ4v) is 2.75. The second kappa shape index (κ2) is 6.57. The minimum atomic E-state index is -5.04. The number of alkyl halides is 6. The Kier molecular flexibility index (Phi) is 5.10. The smallest absolute Gasteiger partial charge is 0.323 e. The summed E-state index contributed by atoms with van der Waals surface area (Å²) in [6, 6.07) is 2.56. The molecule has 1 aromatic carbocycles. The van der Waals surface area contributed by atoms with Gasteiger partial charge in [-0.2, -0.15) is 26.3 Å². The van der Waals surface area contributed by atoms with Gasteiger partial charge in [-0.05, 0) is 35.4 Å². The first kappa shape index (κ1) is 20.2. The molecule has 12 heteroatoms. The van der Waals surface area contributed by atoms with Gasteiger partial charge < -0.3 is 14.4 Å². The molecule has 0 unspecified atom stereocenters. The van der Waals surface area contributed by atoms with Crippen molar-refractivity contribution >= 4 is 7.60 Å². The van der Waals surface area contributed by atoms with Gasteiger partial charge in [0.05, 0.1) is 11.1 Å². The van der Waals surface area contributed by atoms with Gasteiger partial charge in [-0.15, -0.1) is 0 Å². The minimum absolute atomic E-state index is 0.0431. The Bertz CT molecular complexity index is 896. The molecular weight excluding hydrogens is 391 g/mol. The summed E-state index contributed by atoms with van der Waals surface area (Å²) in [5, 5.41) is 0. The van der Waals surface area contributed by atoms with Gasteiger partial charge in [0.15, 0.2) is 0 Å². The maximum atomic E-state index is 12.9. The highest BCUT2D eigenvalue weighted by atomic mass is 31.2. The average Bonchev–Trinajstić information content (AvgIpc) is 2.46. The van der Waals surface area contributed by atoms with Gasteiger partial charge >= 0.3 is 19.9 Å². The molecule has 0 aliphatic heterocycles. The normalized spacial score (nSPS) is 13.1. The Hall–Kier alpha value is -2.10. The lowest BCUT2D eigenvalue weighted by molar-refractivity contribution is -0.143. The van der Waals surface area contributed by atoms with E-state index in [1.165, 1.54) is 0 Å². The van der Waals surface area contributed by atoms with Crippen molar-refractivity contribution in [1.29, 1.82) is 0 Å². The van der Waals surface area contributed by atoms with Gasteiger partial charge in [0.2, 0.25) is 0 Å². The van der Waals surface area contributed by atoms with Crippen LogP contribution < -0.4 is 5.56 Å². The monoisotopic (exact) mass is 401 g/mol. The highest BCUT2D eigenvalue weighted by molar-refractivity contribution is 7.50. The van der Waals surface area contributed by atoms with Crippen molar-refractivity contribution in [1.82, 2.24) is 4.57 Å². The number of aromatic nitrogens is 1. The van der Waals surface area contributed by atoms with E-state index < -0.39 is 48.5 Å². The molecule has 2 aromatic rings. The summed E-state index contributed by atoms with van der Waals surface area (Å²) in [5.74, 6) is 0. The zero-order chi connectivity index (χ0) is 19.9. The average molecular weight is 401 g/mol. The van der Waals surface area contributed by atoms with Crippen LogP contribution in [0.5, 0.6) is 0 Å². The molecule has 0 aliphatic carbocycles.